The van der Waals surface area contributed by atoms with Gasteiger partial charge in [0, 0.05) is 12.2 Å². The number of carbonyl (C=O) groups is 2. The fourth-order valence-electron chi connectivity index (χ4n) is 2.25. The number of carbonyl (C=O) groups excluding carboxylic acids is 2. The molecule has 0 aliphatic carbocycles. The maximum atomic E-state index is 11.8. The highest BCUT2D eigenvalue weighted by atomic mass is 32.2. The Bertz CT molecular complexity index is 964. The van der Waals surface area contributed by atoms with Crippen molar-refractivity contribution >= 4 is 45.9 Å². The van der Waals surface area contributed by atoms with Gasteiger partial charge in [0.25, 0.3) is 0 Å². The lowest BCUT2D eigenvalue weighted by Crippen LogP contribution is -2.40. The van der Waals surface area contributed by atoms with Crippen LogP contribution in [0.2, 0.25) is 0 Å². The van der Waals surface area contributed by atoms with E-state index >= 15 is 0 Å². The zero-order valence-corrected chi connectivity index (χ0v) is 17.9. The third-order valence-corrected chi connectivity index (χ3v) is 5.58. The van der Waals surface area contributed by atoms with Crippen LogP contribution >= 0.6 is 23.1 Å². The van der Waals surface area contributed by atoms with Crippen LogP contribution in [0.5, 0.6) is 11.5 Å². The molecule has 0 unspecified atom stereocenters. The van der Waals surface area contributed by atoms with Crippen molar-refractivity contribution in [2.75, 3.05) is 17.6 Å². The lowest BCUT2D eigenvalue weighted by atomic mass is 10.3. The number of aromatic nitrogens is 2. The van der Waals surface area contributed by atoms with Crippen molar-refractivity contribution in [1.29, 1.82) is 0 Å². The van der Waals surface area contributed by atoms with E-state index in [-0.39, 0.29) is 11.7 Å². The second-order valence-corrected chi connectivity index (χ2v) is 8.23. The number of urea groups is 1. The summed E-state index contributed by atoms with van der Waals surface area (Å²) in [6.07, 6.45) is 0.805. The first-order valence-corrected chi connectivity index (χ1v) is 11.1. The molecule has 3 amide bonds. The van der Waals surface area contributed by atoms with Crippen LogP contribution in [-0.2, 0) is 4.79 Å². The van der Waals surface area contributed by atoms with Gasteiger partial charge in [0.1, 0.15) is 11.5 Å². The minimum absolute atomic E-state index is 0.0830. The number of hydrogen-bond donors (Lipinski definition) is 3. The SMILES string of the molecule is CCCNC(=O)NC(=O)CSc1nnc(Nc2ccc(Oc3ccccc3)cc2)s1. The molecule has 3 rings (SSSR count). The number of thioether (sulfide) groups is 1. The van der Waals surface area contributed by atoms with Crippen LogP contribution in [-0.4, -0.2) is 34.4 Å². The molecule has 0 bridgehead atoms. The quantitative estimate of drug-likeness (QED) is 0.421. The van der Waals surface area contributed by atoms with E-state index in [1.54, 1.807) is 0 Å². The van der Waals surface area contributed by atoms with Crippen molar-refractivity contribution in [3.05, 3.63) is 54.6 Å². The van der Waals surface area contributed by atoms with Crippen LogP contribution in [0.4, 0.5) is 15.6 Å². The summed E-state index contributed by atoms with van der Waals surface area (Å²) in [5.41, 5.74) is 0.841. The highest BCUT2D eigenvalue weighted by Gasteiger charge is 2.11. The smallest absolute Gasteiger partial charge is 0.321 e. The molecule has 10 heteroatoms. The van der Waals surface area contributed by atoms with Crippen LogP contribution in [0.15, 0.2) is 58.9 Å². The fourth-order valence-corrected chi connectivity index (χ4v) is 3.82. The number of nitrogens with zero attached hydrogens (tertiary/aromatic N) is 2. The molecule has 0 atom stereocenters. The number of para-hydroxylation sites is 1. The van der Waals surface area contributed by atoms with E-state index in [4.69, 9.17) is 4.74 Å². The van der Waals surface area contributed by atoms with Gasteiger partial charge in [0.15, 0.2) is 4.34 Å². The second kappa shape index (κ2) is 11.2. The summed E-state index contributed by atoms with van der Waals surface area (Å²) in [7, 11) is 0. The minimum atomic E-state index is -0.484. The van der Waals surface area contributed by atoms with Gasteiger partial charge in [0.05, 0.1) is 5.75 Å². The molecule has 0 saturated carbocycles. The zero-order valence-electron chi connectivity index (χ0n) is 16.3. The van der Waals surface area contributed by atoms with Crippen molar-refractivity contribution < 1.29 is 14.3 Å². The first-order valence-electron chi connectivity index (χ1n) is 9.26. The van der Waals surface area contributed by atoms with Gasteiger partial charge in [0.2, 0.25) is 11.0 Å². The lowest BCUT2D eigenvalue weighted by Gasteiger charge is -2.06. The first kappa shape index (κ1) is 21.6. The molecule has 0 radical (unpaired) electrons. The van der Waals surface area contributed by atoms with Crippen LogP contribution in [0.3, 0.4) is 0 Å². The predicted octanol–water partition coefficient (Wildman–Crippen LogP) is 4.40. The molecule has 1 aromatic heterocycles. The summed E-state index contributed by atoms with van der Waals surface area (Å²) in [6.45, 7) is 2.46. The Labute approximate surface area is 182 Å². The van der Waals surface area contributed by atoms with Gasteiger partial charge in [-0.25, -0.2) is 4.79 Å². The molecule has 3 aromatic rings. The number of amides is 3. The molecule has 2 aromatic carbocycles. The van der Waals surface area contributed by atoms with Gasteiger partial charge >= 0.3 is 6.03 Å². The van der Waals surface area contributed by atoms with Gasteiger partial charge in [-0.05, 0) is 42.8 Å². The molecule has 0 fully saturated rings. The average molecular weight is 444 g/mol. The van der Waals surface area contributed by atoms with Crippen molar-refractivity contribution in [2.24, 2.45) is 0 Å². The predicted molar refractivity (Wildman–Crippen MR) is 119 cm³/mol. The van der Waals surface area contributed by atoms with Crippen LogP contribution in [0.25, 0.3) is 0 Å². The van der Waals surface area contributed by atoms with Gasteiger partial charge < -0.3 is 15.4 Å². The minimum Gasteiger partial charge on any atom is -0.457 e. The van der Waals surface area contributed by atoms with Crippen LogP contribution in [0, 0.1) is 0 Å². The highest BCUT2D eigenvalue weighted by Crippen LogP contribution is 2.29. The number of nitrogens with one attached hydrogen (secondary N) is 3. The highest BCUT2D eigenvalue weighted by molar-refractivity contribution is 8.01. The third kappa shape index (κ3) is 7.05. The van der Waals surface area contributed by atoms with E-state index in [0.717, 1.165) is 23.6 Å². The summed E-state index contributed by atoms with van der Waals surface area (Å²) in [6, 6.07) is 16.6. The molecular formula is C20H21N5O3S2. The van der Waals surface area contributed by atoms with Gasteiger partial charge in [-0.15, -0.1) is 10.2 Å². The normalized spacial score (nSPS) is 10.3. The van der Waals surface area contributed by atoms with Crippen molar-refractivity contribution in [2.45, 2.75) is 17.7 Å². The molecule has 8 nitrogen and oxygen atoms in total. The van der Waals surface area contributed by atoms with Crippen molar-refractivity contribution in [3.8, 4) is 11.5 Å². The number of rotatable bonds is 9. The van der Waals surface area contributed by atoms with E-state index < -0.39 is 6.03 Å². The monoisotopic (exact) mass is 443 g/mol. The summed E-state index contributed by atoms with van der Waals surface area (Å²) in [5.74, 6) is 1.21. The van der Waals surface area contributed by atoms with E-state index in [2.05, 4.69) is 26.1 Å². The summed E-state index contributed by atoms with van der Waals surface area (Å²) >= 11 is 2.55. The zero-order chi connectivity index (χ0) is 21.2. The van der Waals surface area contributed by atoms with E-state index in [1.807, 2.05) is 61.5 Å². The molecule has 0 saturated heterocycles. The maximum absolute atomic E-state index is 11.8. The second-order valence-electron chi connectivity index (χ2n) is 6.03. The number of anilines is 2. The topological polar surface area (TPSA) is 105 Å². The van der Waals surface area contributed by atoms with Crippen LogP contribution < -0.4 is 20.7 Å². The Morgan fingerprint density at radius 2 is 1.77 bits per heavy atom. The molecule has 30 heavy (non-hydrogen) atoms. The third-order valence-electron chi connectivity index (χ3n) is 3.61. The number of benzene rings is 2. The summed E-state index contributed by atoms with van der Waals surface area (Å²) in [4.78, 5) is 23.2. The Hall–Kier alpha value is -3.11. The Morgan fingerprint density at radius 3 is 2.50 bits per heavy atom. The van der Waals surface area contributed by atoms with Crippen molar-refractivity contribution in [3.63, 3.8) is 0 Å². The van der Waals surface area contributed by atoms with Gasteiger partial charge in [-0.1, -0.05) is 48.2 Å². The Balaban J connectivity index is 1.46. The molecule has 0 spiro atoms. The molecule has 0 aliphatic rings. The molecule has 0 aliphatic heterocycles. The molecular weight excluding hydrogens is 422 g/mol. The maximum Gasteiger partial charge on any atom is 0.321 e. The Morgan fingerprint density at radius 1 is 1.03 bits per heavy atom. The molecule has 1 heterocycles. The van der Waals surface area contributed by atoms with E-state index in [0.29, 0.717) is 16.0 Å². The molecule has 3 N–H and O–H groups in total. The van der Waals surface area contributed by atoms with E-state index in [1.165, 1.54) is 23.1 Å². The summed E-state index contributed by atoms with van der Waals surface area (Å²) < 4.78 is 6.40. The molecule has 156 valence electrons. The number of hydrogen-bond acceptors (Lipinski definition) is 8. The average Bonchev–Trinajstić information content (AvgIpc) is 3.20. The largest absolute Gasteiger partial charge is 0.457 e. The number of ether oxygens (including phenoxy) is 1. The lowest BCUT2D eigenvalue weighted by molar-refractivity contribution is -0.117. The fraction of sp³-hybridized carbons (Fsp3) is 0.200. The first-order chi connectivity index (χ1) is 14.6. The number of imide groups is 1. The van der Waals surface area contributed by atoms with Crippen LogP contribution in [0.1, 0.15) is 13.3 Å². The van der Waals surface area contributed by atoms with E-state index in [9.17, 15) is 9.59 Å². The van der Waals surface area contributed by atoms with Crippen molar-refractivity contribution in [1.82, 2.24) is 20.8 Å². The Kier molecular flexibility index (Phi) is 8.04. The van der Waals surface area contributed by atoms with Gasteiger partial charge in [-0.3, -0.25) is 10.1 Å². The summed E-state index contributed by atoms with van der Waals surface area (Å²) in [5, 5.41) is 16.8. The standard InChI is InChI=1S/C20H21N5O3S2/c1-2-12-21-18(27)23-17(26)13-29-20-25-24-19(30-20)22-14-8-10-16(11-9-14)28-15-6-4-3-5-7-15/h3-11H,2,12-13H2,1H3,(H,22,24)(H2,21,23,26,27). The van der Waals surface area contributed by atoms with Gasteiger partial charge in [-0.2, -0.15) is 0 Å².